The van der Waals surface area contributed by atoms with Gasteiger partial charge in [0, 0.05) is 5.02 Å². The van der Waals surface area contributed by atoms with E-state index in [0.717, 1.165) is 5.56 Å². The van der Waals surface area contributed by atoms with Gasteiger partial charge in [0.2, 0.25) is 5.91 Å². The van der Waals surface area contributed by atoms with Crippen molar-refractivity contribution in [2.45, 2.75) is 25.9 Å². The second-order valence-corrected chi connectivity index (χ2v) is 4.01. The van der Waals surface area contributed by atoms with Crippen molar-refractivity contribution < 1.29 is 4.79 Å². The Hall–Kier alpha value is -1.06. The first-order valence-corrected chi connectivity index (χ1v) is 5.20. The lowest BCUT2D eigenvalue weighted by Crippen LogP contribution is -2.39. The number of rotatable bonds is 3. The minimum Gasteiger partial charge on any atom is -0.348 e. The molecule has 3 N–H and O–H groups in total. The van der Waals surface area contributed by atoms with Gasteiger partial charge < -0.3 is 11.1 Å². The number of hydrogen-bond acceptors (Lipinski definition) is 2. The molecule has 0 saturated carbocycles. The highest BCUT2D eigenvalue weighted by Gasteiger charge is 2.12. The molecule has 0 bridgehead atoms. The van der Waals surface area contributed by atoms with E-state index in [-0.39, 0.29) is 11.9 Å². The summed E-state index contributed by atoms with van der Waals surface area (Å²) in [5.41, 5.74) is 6.42. The predicted molar refractivity (Wildman–Crippen MR) is 61.7 cm³/mol. The van der Waals surface area contributed by atoms with Crippen LogP contribution in [0.4, 0.5) is 0 Å². The molecule has 1 aromatic carbocycles. The van der Waals surface area contributed by atoms with Crippen molar-refractivity contribution in [3.63, 3.8) is 0 Å². The van der Waals surface area contributed by atoms with Crippen molar-refractivity contribution in [1.29, 1.82) is 0 Å². The fourth-order valence-electron chi connectivity index (χ4n) is 1.20. The van der Waals surface area contributed by atoms with Crippen LogP contribution >= 0.6 is 11.6 Å². The highest BCUT2D eigenvalue weighted by molar-refractivity contribution is 6.30. The zero-order valence-corrected chi connectivity index (χ0v) is 9.58. The second-order valence-electron chi connectivity index (χ2n) is 3.57. The molecule has 0 aliphatic heterocycles. The van der Waals surface area contributed by atoms with Crippen molar-refractivity contribution in [2.24, 2.45) is 5.73 Å². The molecule has 0 radical (unpaired) electrons. The van der Waals surface area contributed by atoms with Crippen LogP contribution in [0.2, 0.25) is 5.02 Å². The van der Waals surface area contributed by atoms with E-state index < -0.39 is 6.04 Å². The van der Waals surface area contributed by atoms with Crippen LogP contribution in [0.3, 0.4) is 0 Å². The summed E-state index contributed by atoms with van der Waals surface area (Å²) in [6.07, 6.45) is 0. The Kier molecular flexibility index (Phi) is 4.12. The zero-order valence-electron chi connectivity index (χ0n) is 8.83. The van der Waals surface area contributed by atoms with Gasteiger partial charge in [-0.05, 0) is 31.5 Å². The van der Waals surface area contributed by atoms with Crippen LogP contribution in [-0.2, 0) is 4.79 Å². The average Bonchev–Trinajstić information content (AvgIpc) is 2.17. The van der Waals surface area contributed by atoms with Crippen LogP contribution < -0.4 is 11.1 Å². The minimum absolute atomic E-state index is 0.0813. The molecular weight excluding hydrogens is 212 g/mol. The third-order valence-corrected chi connectivity index (χ3v) is 2.36. The van der Waals surface area contributed by atoms with Gasteiger partial charge in [-0.3, -0.25) is 4.79 Å². The van der Waals surface area contributed by atoms with E-state index in [1.165, 1.54) is 0 Å². The van der Waals surface area contributed by atoms with Gasteiger partial charge in [-0.25, -0.2) is 0 Å². The monoisotopic (exact) mass is 226 g/mol. The first-order chi connectivity index (χ1) is 7.00. The van der Waals surface area contributed by atoms with Crippen molar-refractivity contribution in [1.82, 2.24) is 5.32 Å². The molecule has 1 aromatic rings. The summed E-state index contributed by atoms with van der Waals surface area (Å²) in [7, 11) is 0. The number of halogens is 1. The lowest BCUT2D eigenvalue weighted by molar-refractivity contribution is -0.122. The molecule has 0 aromatic heterocycles. The quantitative estimate of drug-likeness (QED) is 0.827. The van der Waals surface area contributed by atoms with E-state index in [1.807, 2.05) is 25.1 Å². The van der Waals surface area contributed by atoms with Gasteiger partial charge in [-0.2, -0.15) is 0 Å². The summed E-state index contributed by atoms with van der Waals surface area (Å²) in [6.45, 7) is 3.55. The smallest absolute Gasteiger partial charge is 0.237 e. The number of hydrogen-bond donors (Lipinski definition) is 2. The zero-order chi connectivity index (χ0) is 11.4. The fourth-order valence-corrected chi connectivity index (χ4v) is 1.40. The van der Waals surface area contributed by atoms with E-state index in [2.05, 4.69) is 5.32 Å². The average molecular weight is 227 g/mol. The molecule has 2 atom stereocenters. The van der Waals surface area contributed by atoms with Gasteiger partial charge in [0.15, 0.2) is 0 Å². The number of carbonyl (C=O) groups is 1. The summed E-state index contributed by atoms with van der Waals surface area (Å²) in [5.74, 6) is -0.164. The number of carbonyl (C=O) groups excluding carboxylic acids is 1. The van der Waals surface area contributed by atoms with E-state index >= 15 is 0 Å². The molecule has 0 aliphatic carbocycles. The normalized spacial score (nSPS) is 14.4. The number of amides is 1. The standard InChI is InChI=1S/C11H15ClN2O/c1-7(13)11(15)14-8(2)9-4-3-5-10(12)6-9/h3-8H,13H2,1-2H3,(H,14,15)/t7-,8+/m0/s1. The molecule has 0 aliphatic rings. The maximum absolute atomic E-state index is 11.3. The number of benzene rings is 1. The summed E-state index contributed by atoms with van der Waals surface area (Å²) in [4.78, 5) is 11.3. The molecule has 1 amide bonds. The van der Waals surface area contributed by atoms with E-state index in [1.54, 1.807) is 13.0 Å². The Morgan fingerprint density at radius 1 is 1.47 bits per heavy atom. The fraction of sp³-hybridized carbons (Fsp3) is 0.364. The third-order valence-electron chi connectivity index (χ3n) is 2.12. The van der Waals surface area contributed by atoms with Gasteiger partial charge in [-0.1, -0.05) is 23.7 Å². The summed E-state index contributed by atoms with van der Waals surface area (Å²) in [5, 5.41) is 3.46. The molecule has 0 heterocycles. The molecule has 0 spiro atoms. The van der Waals surface area contributed by atoms with Gasteiger partial charge in [0.05, 0.1) is 12.1 Å². The molecule has 0 fully saturated rings. The Morgan fingerprint density at radius 2 is 2.13 bits per heavy atom. The Labute approximate surface area is 94.6 Å². The molecule has 4 heteroatoms. The van der Waals surface area contributed by atoms with Crippen LogP contribution in [0.5, 0.6) is 0 Å². The summed E-state index contributed by atoms with van der Waals surface area (Å²) in [6, 6.07) is 6.82. The lowest BCUT2D eigenvalue weighted by Gasteiger charge is -2.16. The van der Waals surface area contributed by atoms with Crippen LogP contribution in [0.25, 0.3) is 0 Å². The van der Waals surface area contributed by atoms with Gasteiger partial charge >= 0.3 is 0 Å². The SMILES string of the molecule is C[C@H](N)C(=O)N[C@H](C)c1cccc(Cl)c1. The van der Waals surface area contributed by atoms with Gasteiger partial charge in [0.25, 0.3) is 0 Å². The number of nitrogens with one attached hydrogen (secondary N) is 1. The van der Waals surface area contributed by atoms with Crippen LogP contribution in [0, 0.1) is 0 Å². The van der Waals surface area contributed by atoms with Crippen LogP contribution in [-0.4, -0.2) is 11.9 Å². The third kappa shape index (κ3) is 3.53. The molecular formula is C11H15ClN2O. The van der Waals surface area contributed by atoms with Crippen molar-refractivity contribution in [2.75, 3.05) is 0 Å². The molecule has 0 unspecified atom stereocenters. The maximum atomic E-state index is 11.3. The first-order valence-electron chi connectivity index (χ1n) is 4.82. The Morgan fingerprint density at radius 3 is 2.67 bits per heavy atom. The molecule has 15 heavy (non-hydrogen) atoms. The maximum Gasteiger partial charge on any atom is 0.237 e. The van der Waals surface area contributed by atoms with Crippen LogP contribution in [0.1, 0.15) is 25.5 Å². The van der Waals surface area contributed by atoms with Gasteiger partial charge in [0.1, 0.15) is 0 Å². The second kappa shape index (κ2) is 5.14. The molecule has 82 valence electrons. The molecule has 3 nitrogen and oxygen atoms in total. The highest BCUT2D eigenvalue weighted by atomic mass is 35.5. The Bertz CT molecular complexity index is 352. The van der Waals surface area contributed by atoms with Crippen molar-refractivity contribution in [3.8, 4) is 0 Å². The van der Waals surface area contributed by atoms with Crippen molar-refractivity contribution in [3.05, 3.63) is 34.9 Å². The van der Waals surface area contributed by atoms with E-state index in [4.69, 9.17) is 17.3 Å². The minimum atomic E-state index is -0.494. The topological polar surface area (TPSA) is 55.1 Å². The first kappa shape index (κ1) is 12.0. The van der Waals surface area contributed by atoms with Gasteiger partial charge in [-0.15, -0.1) is 0 Å². The molecule has 1 rings (SSSR count). The van der Waals surface area contributed by atoms with Crippen LogP contribution in [0.15, 0.2) is 24.3 Å². The van der Waals surface area contributed by atoms with E-state index in [0.29, 0.717) is 5.02 Å². The molecule has 0 saturated heterocycles. The Balaban J connectivity index is 2.69. The summed E-state index contributed by atoms with van der Waals surface area (Å²) < 4.78 is 0. The largest absolute Gasteiger partial charge is 0.348 e. The lowest BCUT2D eigenvalue weighted by atomic mass is 10.1. The van der Waals surface area contributed by atoms with Crippen molar-refractivity contribution >= 4 is 17.5 Å². The van der Waals surface area contributed by atoms with E-state index in [9.17, 15) is 4.79 Å². The summed E-state index contributed by atoms with van der Waals surface area (Å²) >= 11 is 5.85. The number of nitrogens with two attached hydrogens (primary N) is 1. The highest BCUT2D eigenvalue weighted by Crippen LogP contribution is 2.17. The predicted octanol–water partition coefficient (Wildman–Crippen LogP) is 1.86.